The third-order valence-electron chi connectivity index (χ3n) is 4.64. The fraction of sp³-hybridized carbons (Fsp3) is 0.316. The number of amides is 1. The molecule has 0 aliphatic carbocycles. The average molecular weight is 437 g/mol. The smallest absolute Gasteiger partial charge is 0.410 e. The molecule has 0 unspecified atom stereocenters. The average Bonchev–Trinajstić information content (AvgIpc) is 3.14. The van der Waals surface area contributed by atoms with E-state index in [1.54, 1.807) is 34.7 Å². The molecule has 28 heavy (non-hydrogen) atoms. The van der Waals surface area contributed by atoms with E-state index in [0.717, 1.165) is 22.5 Å². The third-order valence-corrected chi connectivity index (χ3v) is 6.57. The maximum Gasteiger partial charge on any atom is 0.415 e. The molecule has 1 saturated heterocycles. The van der Waals surface area contributed by atoms with Gasteiger partial charge >= 0.3 is 6.09 Å². The summed E-state index contributed by atoms with van der Waals surface area (Å²) in [5.41, 5.74) is 0. The van der Waals surface area contributed by atoms with Crippen LogP contribution in [-0.4, -0.2) is 47.1 Å². The van der Waals surface area contributed by atoms with Gasteiger partial charge in [0.05, 0.1) is 15.4 Å². The number of benzene rings is 1. The number of carbonyl (C=O) groups is 1. The zero-order chi connectivity index (χ0) is 19.7. The minimum absolute atomic E-state index is 0.353. The Balaban J connectivity index is 1.42. The molecule has 6 nitrogen and oxygen atoms in total. The Labute approximate surface area is 176 Å². The lowest BCUT2D eigenvalue weighted by atomic mass is 10.2. The number of aryl methyl sites for hydroxylation is 1. The monoisotopic (exact) mass is 436 g/mol. The Bertz CT molecular complexity index is 1020. The zero-order valence-electron chi connectivity index (χ0n) is 15.2. The topological polar surface area (TPSA) is 58.6 Å². The van der Waals surface area contributed by atoms with Gasteiger partial charge in [-0.15, -0.1) is 11.3 Å². The van der Waals surface area contributed by atoms with Crippen LogP contribution in [0.25, 0.3) is 10.2 Å². The lowest BCUT2D eigenvalue weighted by molar-refractivity contribution is 0.149. The number of aromatic nitrogens is 2. The molecule has 0 saturated carbocycles. The van der Waals surface area contributed by atoms with Crippen LogP contribution in [0.1, 0.15) is 11.8 Å². The molecule has 2 aromatic heterocycles. The van der Waals surface area contributed by atoms with Gasteiger partial charge in [0, 0.05) is 37.1 Å². The van der Waals surface area contributed by atoms with Gasteiger partial charge in [0.25, 0.3) is 0 Å². The second-order valence-electron chi connectivity index (χ2n) is 6.40. The van der Waals surface area contributed by atoms with Crippen molar-refractivity contribution < 1.29 is 9.53 Å². The summed E-state index contributed by atoms with van der Waals surface area (Å²) < 4.78 is 5.42. The molecular formula is C19H18Cl2N4O2S. The highest BCUT2D eigenvalue weighted by Crippen LogP contribution is 2.31. The van der Waals surface area contributed by atoms with E-state index in [9.17, 15) is 4.79 Å². The van der Waals surface area contributed by atoms with E-state index >= 15 is 0 Å². The molecule has 146 valence electrons. The predicted molar refractivity (Wildman–Crippen MR) is 113 cm³/mol. The van der Waals surface area contributed by atoms with Crippen molar-refractivity contribution in [2.24, 2.45) is 0 Å². The molecule has 4 rings (SSSR count). The molecule has 3 aromatic rings. The summed E-state index contributed by atoms with van der Waals surface area (Å²) in [6.07, 6.45) is 2.20. The summed E-state index contributed by atoms with van der Waals surface area (Å²) in [5.74, 6) is 1.31. The lowest BCUT2D eigenvalue weighted by Gasteiger charge is -2.34. The van der Waals surface area contributed by atoms with Crippen molar-refractivity contribution in [3.8, 4) is 5.75 Å². The van der Waals surface area contributed by atoms with Crippen LogP contribution in [0.3, 0.4) is 0 Å². The van der Waals surface area contributed by atoms with Gasteiger partial charge in [-0.1, -0.05) is 30.1 Å². The Morgan fingerprint density at radius 3 is 2.64 bits per heavy atom. The van der Waals surface area contributed by atoms with Crippen LogP contribution in [0.4, 0.5) is 10.6 Å². The first-order chi connectivity index (χ1) is 13.5. The van der Waals surface area contributed by atoms with Crippen molar-refractivity contribution in [1.82, 2.24) is 14.9 Å². The van der Waals surface area contributed by atoms with E-state index in [-0.39, 0.29) is 0 Å². The lowest BCUT2D eigenvalue weighted by Crippen LogP contribution is -2.49. The first-order valence-corrected chi connectivity index (χ1v) is 10.5. The summed E-state index contributed by atoms with van der Waals surface area (Å²) in [4.78, 5) is 27.5. The standard InChI is InChI=1S/C19H18Cl2N4O2S/c1-2-13-10-14-17(22-11-23-18(14)28-13)24-5-7-25(8-6-24)19(26)27-12-3-4-15(20)16(21)9-12/h3-4,9-11H,2,5-8H2,1H3. The fourth-order valence-electron chi connectivity index (χ4n) is 3.13. The second-order valence-corrected chi connectivity index (χ2v) is 8.33. The normalized spacial score (nSPS) is 14.5. The van der Waals surface area contributed by atoms with Crippen LogP contribution < -0.4 is 9.64 Å². The highest BCUT2D eigenvalue weighted by atomic mass is 35.5. The maximum absolute atomic E-state index is 12.4. The van der Waals surface area contributed by atoms with Gasteiger partial charge in [0.1, 0.15) is 22.7 Å². The second kappa shape index (κ2) is 8.11. The molecule has 0 N–H and O–H groups in total. The van der Waals surface area contributed by atoms with Crippen LogP contribution in [-0.2, 0) is 6.42 Å². The summed E-state index contributed by atoms with van der Waals surface area (Å²) in [5, 5.41) is 1.86. The minimum atomic E-state index is -0.394. The Morgan fingerprint density at radius 2 is 1.93 bits per heavy atom. The van der Waals surface area contributed by atoms with Crippen molar-refractivity contribution in [1.29, 1.82) is 0 Å². The number of carbonyl (C=O) groups excluding carboxylic acids is 1. The van der Waals surface area contributed by atoms with Crippen LogP contribution >= 0.6 is 34.5 Å². The molecule has 0 atom stereocenters. The van der Waals surface area contributed by atoms with Gasteiger partial charge in [-0.05, 0) is 24.6 Å². The number of halogens is 2. The van der Waals surface area contributed by atoms with Gasteiger partial charge in [-0.25, -0.2) is 14.8 Å². The summed E-state index contributed by atoms with van der Waals surface area (Å²) in [6, 6.07) is 6.94. The zero-order valence-corrected chi connectivity index (χ0v) is 17.5. The van der Waals surface area contributed by atoms with Gasteiger partial charge in [0.2, 0.25) is 0 Å². The number of anilines is 1. The maximum atomic E-state index is 12.4. The van der Waals surface area contributed by atoms with Crippen LogP contribution in [0.2, 0.25) is 10.0 Å². The molecule has 9 heteroatoms. The SMILES string of the molecule is CCc1cc2c(N3CCN(C(=O)Oc4ccc(Cl)c(Cl)c4)CC3)ncnc2s1. The Kier molecular flexibility index (Phi) is 5.57. The summed E-state index contributed by atoms with van der Waals surface area (Å²) in [7, 11) is 0. The molecule has 1 aliphatic heterocycles. The number of thiophene rings is 1. The molecule has 1 amide bonds. The van der Waals surface area contributed by atoms with Gasteiger partial charge < -0.3 is 14.5 Å². The quantitative estimate of drug-likeness (QED) is 0.585. The van der Waals surface area contributed by atoms with Gasteiger partial charge in [-0.2, -0.15) is 0 Å². The largest absolute Gasteiger partial charge is 0.415 e. The van der Waals surface area contributed by atoms with E-state index in [1.807, 2.05) is 0 Å². The number of hydrogen-bond acceptors (Lipinski definition) is 6. The summed E-state index contributed by atoms with van der Waals surface area (Å²) in [6.45, 7) is 4.60. The van der Waals surface area contributed by atoms with Crippen molar-refractivity contribution in [3.05, 3.63) is 45.5 Å². The molecule has 0 radical (unpaired) electrons. The number of hydrogen-bond donors (Lipinski definition) is 0. The predicted octanol–water partition coefficient (Wildman–Crippen LogP) is 4.88. The van der Waals surface area contributed by atoms with Gasteiger partial charge in [-0.3, -0.25) is 0 Å². The molecular weight excluding hydrogens is 419 g/mol. The summed E-state index contributed by atoms with van der Waals surface area (Å²) >= 11 is 13.6. The van der Waals surface area contributed by atoms with Crippen LogP contribution in [0, 0.1) is 0 Å². The first-order valence-electron chi connectivity index (χ1n) is 8.95. The molecule has 3 heterocycles. The molecule has 1 fully saturated rings. The molecule has 0 spiro atoms. The van der Waals surface area contributed by atoms with Crippen molar-refractivity contribution in [3.63, 3.8) is 0 Å². The Hall–Kier alpha value is -2.09. The van der Waals surface area contributed by atoms with E-state index in [2.05, 4.69) is 27.9 Å². The number of nitrogens with zero attached hydrogens (tertiary/aromatic N) is 4. The highest BCUT2D eigenvalue weighted by molar-refractivity contribution is 7.18. The Morgan fingerprint density at radius 1 is 1.14 bits per heavy atom. The van der Waals surface area contributed by atoms with E-state index in [1.165, 1.54) is 10.9 Å². The molecule has 1 aliphatic rings. The van der Waals surface area contributed by atoms with Crippen molar-refractivity contribution in [2.75, 3.05) is 31.1 Å². The van der Waals surface area contributed by atoms with Crippen molar-refractivity contribution >= 4 is 56.7 Å². The number of ether oxygens (including phenoxy) is 1. The van der Waals surface area contributed by atoms with E-state index in [4.69, 9.17) is 27.9 Å². The van der Waals surface area contributed by atoms with Gasteiger partial charge in [0.15, 0.2) is 0 Å². The molecule has 1 aromatic carbocycles. The fourth-order valence-corrected chi connectivity index (χ4v) is 4.34. The van der Waals surface area contributed by atoms with E-state index < -0.39 is 6.09 Å². The highest BCUT2D eigenvalue weighted by Gasteiger charge is 2.25. The number of rotatable bonds is 3. The van der Waals surface area contributed by atoms with E-state index in [0.29, 0.717) is 42.0 Å². The first kappa shape index (κ1) is 19.2. The third kappa shape index (κ3) is 3.87. The number of fused-ring (bicyclic) bond motifs is 1. The van der Waals surface area contributed by atoms with Crippen LogP contribution in [0.15, 0.2) is 30.6 Å². The van der Waals surface area contributed by atoms with Crippen LogP contribution in [0.5, 0.6) is 5.75 Å². The molecule has 0 bridgehead atoms. The number of piperazine rings is 1. The minimum Gasteiger partial charge on any atom is -0.410 e. The van der Waals surface area contributed by atoms with Crippen molar-refractivity contribution in [2.45, 2.75) is 13.3 Å².